The Bertz CT molecular complexity index is 881. The lowest BCUT2D eigenvalue weighted by Crippen LogP contribution is -2.20. The molecule has 0 atom stereocenters. The van der Waals surface area contributed by atoms with Gasteiger partial charge in [0.2, 0.25) is 0 Å². The zero-order valence-corrected chi connectivity index (χ0v) is 16.8. The Morgan fingerprint density at radius 2 is 0.857 bits per heavy atom. The minimum atomic E-state index is -0.379. The molecule has 0 aliphatic rings. The normalized spacial score (nSPS) is 10.1. The number of halogens is 2. The number of benzene rings is 3. The van der Waals surface area contributed by atoms with E-state index >= 15 is 0 Å². The number of nitrogens with one attached hydrogen (secondary N) is 4. The van der Waals surface area contributed by atoms with Gasteiger partial charge in [-0.2, -0.15) is 0 Å². The topological polar surface area (TPSA) is 82.3 Å². The van der Waals surface area contributed by atoms with Crippen LogP contribution in [-0.4, -0.2) is 12.1 Å². The van der Waals surface area contributed by atoms with E-state index in [0.29, 0.717) is 27.8 Å². The summed E-state index contributed by atoms with van der Waals surface area (Å²) in [7, 11) is 0. The predicted octanol–water partition coefficient (Wildman–Crippen LogP) is 6.39. The average Bonchev–Trinajstić information content (AvgIpc) is 2.67. The molecule has 3 rings (SSSR count). The van der Waals surface area contributed by atoms with Crippen molar-refractivity contribution in [3.05, 3.63) is 82.3 Å². The Labute approximate surface area is 175 Å². The highest BCUT2D eigenvalue weighted by Gasteiger charge is 2.05. The second-order valence-electron chi connectivity index (χ2n) is 5.75. The highest BCUT2D eigenvalue weighted by Crippen LogP contribution is 2.17. The first-order valence-corrected chi connectivity index (χ1v) is 9.42. The van der Waals surface area contributed by atoms with E-state index in [1.54, 1.807) is 60.7 Å². The number of carbonyl (C=O) groups is 2. The molecular formula is C20H16BrClN4O2. The lowest BCUT2D eigenvalue weighted by Gasteiger charge is -2.10. The fraction of sp³-hybridized carbons (Fsp3) is 0. The van der Waals surface area contributed by atoms with Gasteiger partial charge in [-0.25, -0.2) is 9.59 Å². The molecule has 0 radical (unpaired) electrons. The Morgan fingerprint density at radius 3 is 1.21 bits per heavy atom. The second kappa shape index (κ2) is 9.25. The third-order valence-corrected chi connectivity index (χ3v) is 4.39. The van der Waals surface area contributed by atoms with E-state index in [4.69, 9.17) is 11.6 Å². The summed E-state index contributed by atoms with van der Waals surface area (Å²) in [5.74, 6) is 0. The van der Waals surface area contributed by atoms with Crippen molar-refractivity contribution in [2.45, 2.75) is 0 Å². The van der Waals surface area contributed by atoms with Crippen LogP contribution < -0.4 is 21.3 Å². The van der Waals surface area contributed by atoms with Crippen molar-refractivity contribution in [2.24, 2.45) is 0 Å². The molecule has 0 fully saturated rings. The third kappa shape index (κ3) is 6.00. The fourth-order valence-corrected chi connectivity index (χ4v) is 2.68. The molecule has 4 N–H and O–H groups in total. The predicted molar refractivity (Wildman–Crippen MR) is 117 cm³/mol. The summed E-state index contributed by atoms with van der Waals surface area (Å²) in [6, 6.07) is 20.1. The molecular weight excluding hydrogens is 444 g/mol. The molecule has 0 bridgehead atoms. The van der Waals surface area contributed by atoms with Gasteiger partial charge in [-0.1, -0.05) is 27.5 Å². The van der Waals surface area contributed by atoms with Gasteiger partial charge in [0, 0.05) is 32.2 Å². The maximum atomic E-state index is 12.0. The average molecular weight is 460 g/mol. The molecule has 0 unspecified atom stereocenters. The van der Waals surface area contributed by atoms with Crippen molar-refractivity contribution < 1.29 is 9.59 Å². The summed E-state index contributed by atoms with van der Waals surface area (Å²) in [5.41, 5.74) is 2.49. The van der Waals surface area contributed by atoms with Gasteiger partial charge < -0.3 is 21.3 Å². The highest BCUT2D eigenvalue weighted by atomic mass is 79.9. The standard InChI is InChI=1S/C20H16BrClN4O2/c21-13-1-5-15(6-2-13)23-19(27)25-17-9-11-18(12-10-17)26-20(28)24-16-7-3-14(22)4-8-16/h1-12H,(H2,23,25,27)(H2,24,26,28). The van der Waals surface area contributed by atoms with E-state index < -0.39 is 0 Å². The van der Waals surface area contributed by atoms with Gasteiger partial charge in [-0.05, 0) is 72.8 Å². The lowest BCUT2D eigenvalue weighted by atomic mass is 10.3. The van der Waals surface area contributed by atoms with Crippen LogP contribution in [0.3, 0.4) is 0 Å². The van der Waals surface area contributed by atoms with Crippen LogP contribution in [0, 0.1) is 0 Å². The Hall–Kier alpha value is -3.03. The van der Waals surface area contributed by atoms with Crippen LogP contribution in [0.15, 0.2) is 77.3 Å². The van der Waals surface area contributed by atoms with Crippen LogP contribution in [0.4, 0.5) is 32.3 Å². The number of rotatable bonds is 4. The summed E-state index contributed by atoms with van der Waals surface area (Å²) in [4.78, 5) is 24.1. The molecule has 142 valence electrons. The molecule has 0 heterocycles. The molecule has 3 aromatic carbocycles. The van der Waals surface area contributed by atoms with Crippen LogP contribution in [0.5, 0.6) is 0 Å². The van der Waals surface area contributed by atoms with Crippen LogP contribution in [0.2, 0.25) is 5.02 Å². The molecule has 28 heavy (non-hydrogen) atoms. The Kier molecular flexibility index (Phi) is 6.52. The Balaban J connectivity index is 1.51. The summed E-state index contributed by atoms with van der Waals surface area (Å²) < 4.78 is 0.932. The molecule has 0 spiro atoms. The molecule has 6 nitrogen and oxygen atoms in total. The van der Waals surface area contributed by atoms with Gasteiger partial charge in [0.25, 0.3) is 0 Å². The summed E-state index contributed by atoms with van der Waals surface area (Å²) in [6.07, 6.45) is 0. The van der Waals surface area contributed by atoms with Gasteiger partial charge in [0.05, 0.1) is 0 Å². The third-order valence-electron chi connectivity index (χ3n) is 3.60. The molecule has 0 aromatic heterocycles. The number of hydrogen-bond acceptors (Lipinski definition) is 2. The molecule has 3 aromatic rings. The smallest absolute Gasteiger partial charge is 0.308 e. The lowest BCUT2D eigenvalue weighted by molar-refractivity contribution is 0.261. The van der Waals surface area contributed by atoms with Crippen LogP contribution in [0.25, 0.3) is 0 Å². The molecule has 8 heteroatoms. The Morgan fingerprint density at radius 1 is 0.571 bits per heavy atom. The number of urea groups is 2. The largest absolute Gasteiger partial charge is 0.323 e. The van der Waals surface area contributed by atoms with Crippen molar-refractivity contribution in [2.75, 3.05) is 21.3 Å². The minimum absolute atomic E-state index is 0.358. The van der Waals surface area contributed by atoms with E-state index in [1.807, 2.05) is 12.1 Å². The first-order chi connectivity index (χ1) is 13.5. The van der Waals surface area contributed by atoms with E-state index in [-0.39, 0.29) is 12.1 Å². The quantitative estimate of drug-likeness (QED) is 0.364. The van der Waals surface area contributed by atoms with E-state index in [1.165, 1.54) is 0 Å². The van der Waals surface area contributed by atoms with Crippen molar-refractivity contribution >= 4 is 62.3 Å². The maximum Gasteiger partial charge on any atom is 0.323 e. The van der Waals surface area contributed by atoms with Crippen LogP contribution in [0.1, 0.15) is 0 Å². The van der Waals surface area contributed by atoms with E-state index in [9.17, 15) is 9.59 Å². The summed E-state index contributed by atoms with van der Waals surface area (Å²) in [6.45, 7) is 0. The van der Waals surface area contributed by atoms with Gasteiger partial charge in [0.15, 0.2) is 0 Å². The van der Waals surface area contributed by atoms with Gasteiger partial charge in [0.1, 0.15) is 0 Å². The van der Waals surface area contributed by atoms with Gasteiger partial charge >= 0.3 is 12.1 Å². The van der Waals surface area contributed by atoms with Crippen LogP contribution >= 0.6 is 27.5 Å². The zero-order valence-electron chi connectivity index (χ0n) is 14.5. The number of hydrogen-bond donors (Lipinski definition) is 4. The molecule has 0 aliphatic carbocycles. The molecule has 4 amide bonds. The molecule has 0 saturated heterocycles. The first kappa shape index (κ1) is 19.7. The SMILES string of the molecule is O=C(Nc1ccc(Cl)cc1)Nc1ccc(NC(=O)Nc2ccc(Br)cc2)cc1. The maximum absolute atomic E-state index is 12.0. The molecule has 0 saturated carbocycles. The van der Waals surface area contributed by atoms with Crippen molar-refractivity contribution in [3.63, 3.8) is 0 Å². The van der Waals surface area contributed by atoms with Crippen molar-refractivity contribution in [1.82, 2.24) is 0 Å². The number of amides is 4. The fourth-order valence-electron chi connectivity index (χ4n) is 2.29. The summed E-state index contributed by atoms with van der Waals surface area (Å²) >= 11 is 9.16. The zero-order chi connectivity index (χ0) is 19.9. The van der Waals surface area contributed by atoms with Crippen LogP contribution in [-0.2, 0) is 0 Å². The van der Waals surface area contributed by atoms with Crippen molar-refractivity contribution in [3.8, 4) is 0 Å². The van der Waals surface area contributed by atoms with E-state index in [2.05, 4.69) is 37.2 Å². The minimum Gasteiger partial charge on any atom is -0.308 e. The monoisotopic (exact) mass is 458 g/mol. The number of anilines is 4. The van der Waals surface area contributed by atoms with Gasteiger partial charge in [-0.3, -0.25) is 0 Å². The molecule has 0 aliphatic heterocycles. The highest BCUT2D eigenvalue weighted by molar-refractivity contribution is 9.10. The van der Waals surface area contributed by atoms with E-state index in [0.717, 1.165) is 4.47 Å². The second-order valence-corrected chi connectivity index (χ2v) is 7.10. The first-order valence-electron chi connectivity index (χ1n) is 8.25. The van der Waals surface area contributed by atoms with Crippen molar-refractivity contribution in [1.29, 1.82) is 0 Å². The summed E-state index contributed by atoms with van der Waals surface area (Å²) in [5, 5.41) is 11.5. The number of carbonyl (C=O) groups excluding carboxylic acids is 2. The van der Waals surface area contributed by atoms with Gasteiger partial charge in [-0.15, -0.1) is 0 Å².